The van der Waals surface area contributed by atoms with Crippen molar-refractivity contribution in [3.63, 3.8) is 0 Å². The summed E-state index contributed by atoms with van der Waals surface area (Å²) < 4.78 is 21.1. The minimum absolute atomic E-state index is 0. The van der Waals surface area contributed by atoms with Crippen LogP contribution < -0.4 is 74.5 Å². The number of phosphoric ester groups is 1. The van der Waals surface area contributed by atoms with Gasteiger partial charge in [0, 0.05) is 0 Å². The zero-order valence-electron chi connectivity index (χ0n) is 17.3. The third-order valence-electron chi connectivity index (χ3n) is 3.37. The summed E-state index contributed by atoms with van der Waals surface area (Å²) in [6.07, 6.45) is -3.11. The number of aliphatic hydroxyl groups excluding tert-OH is 2. The first-order chi connectivity index (χ1) is 10.8. The van der Waals surface area contributed by atoms with Crippen LogP contribution in [0.25, 0.3) is 11.2 Å². The van der Waals surface area contributed by atoms with Crippen molar-refractivity contribution in [1.82, 2.24) is 19.5 Å². The molecular weight excluding hydrogens is 509 g/mol. The molecule has 0 bridgehead atoms. The van der Waals surface area contributed by atoms with E-state index in [1.807, 2.05) is 0 Å². The molecule has 0 spiro atoms. The van der Waals surface area contributed by atoms with Crippen LogP contribution in [-0.2, 0) is 13.8 Å². The Balaban J connectivity index is -0.000000104. The molecular formula is C10H27N4Na2O16P. The molecule has 0 aliphatic carbocycles. The molecule has 1 fully saturated rings. The van der Waals surface area contributed by atoms with Crippen molar-refractivity contribution < 1.29 is 137 Å². The number of imidazole rings is 1. The fraction of sp³-hybridized carbons (Fsp3) is 0.500. The van der Waals surface area contributed by atoms with Gasteiger partial charge in [-0.1, -0.05) is 0 Å². The van der Waals surface area contributed by atoms with Crippen LogP contribution in [-0.4, -0.2) is 98.5 Å². The van der Waals surface area contributed by atoms with Gasteiger partial charge < -0.3 is 82.6 Å². The molecule has 23 heteroatoms. The van der Waals surface area contributed by atoms with E-state index in [0.29, 0.717) is 0 Å². The minimum Gasteiger partial charge on any atom is -0.790 e. The van der Waals surface area contributed by atoms with E-state index in [1.165, 1.54) is 10.9 Å². The van der Waals surface area contributed by atoms with E-state index in [-0.39, 0.29) is 114 Å². The standard InChI is InChI=1S/C10H13N4O8P.2Na.8H2O/c15-6-4(1-21-23(18,19)20)22-10(7(6)16)14-3-13-5-8(14)11-2-12-9(5)17;;;;;;;;;;/h2-4,6-7,10,15-16H,1H2,(H,11,12,17)(H2,18,19,20);;;8*1H2/q;2*+1;;;;;;;;/p-2/t4-,6+,7+,10+;;;;;;;;;;/m0........../s1. The second-order valence-electron chi connectivity index (χ2n) is 4.84. The maximum absolute atomic E-state index is 11.6. The molecule has 0 unspecified atom stereocenters. The fourth-order valence-corrected chi connectivity index (χ4v) is 2.64. The van der Waals surface area contributed by atoms with Crippen molar-refractivity contribution in [3.05, 3.63) is 23.0 Å². The van der Waals surface area contributed by atoms with Crippen LogP contribution in [0.4, 0.5) is 0 Å². The first-order valence-electron chi connectivity index (χ1n) is 6.36. The number of H-pyrrole nitrogens is 1. The molecule has 0 aromatic carbocycles. The van der Waals surface area contributed by atoms with Crippen LogP contribution in [0.5, 0.6) is 0 Å². The van der Waals surface area contributed by atoms with E-state index < -0.39 is 44.5 Å². The number of hydrogen-bond acceptors (Lipinski definition) is 10. The van der Waals surface area contributed by atoms with Crippen molar-refractivity contribution in [3.8, 4) is 0 Å². The summed E-state index contributed by atoms with van der Waals surface area (Å²) in [6, 6.07) is 0. The molecule has 1 aliphatic heterocycles. The number of fused-ring (bicyclic) bond motifs is 1. The monoisotopic (exact) mass is 536 g/mol. The summed E-state index contributed by atoms with van der Waals surface area (Å²) in [7, 11) is -5.24. The summed E-state index contributed by atoms with van der Waals surface area (Å²) in [5, 5.41) is 19.9. The molecule has 0 radical (unpaired) electrons. The number of aliphatic hydroxyl groups is 2. The van der Waals surface area contributed by atoms with E-state index in [0.717, 1.165) is 6.33 Å². The first kappa shape index (κ1) is 54.1. The van der Waals surface area contributed by atoms with Crippen LogP contribution in [0.15, 0.2) is 17.4 Å². The Hall–Kier alpha value is 0.0200. The summed E-state index contributed by atoms with van der Waals surface area (Å²) in [4.78, 5) is 42.6. The number of rotatable bonds is 4. The Morgan fingerprint density at radius 1 is 1.03 bits per heavy atom. The number of aromatic nitrogens is 4. The van der Waals surface area contributed by atoms with Gasteiger partial charge in [-0.2, -0.15) is 0 Å². The molecule has 0 amide bonds. The van der Waals surface area contributed by atoms with Gasteiger partial charge in [0.2, 0.25) is 0 Å². The second kappa shape index (κ2) is 21.3. The predicted molar refractivity (Wildman–Crippen MR) is 96.5 cm³/mol. The van der Waals surface area contributed by atoms with Gasteiger partial charge in [0.15, 0.2) is 17.4 Å². The zero-order valence-corrected chi connectivity index (χ0v) is 22.2. The third kappa shape index (κ3) is 12.0. The van der Waals surface area contributed by atoms with E-state index in [9.17, 15) is 29.4 Å². The molecule has 0 saturated carbocycles. The van der Waals surface area contributed by atoms with Crippen LogP contribution in [0.3, 0.4) is 0 Å². The van der Waals surface area contributed by atoms with E-state index in [1.54, 1.807) is 0 Å². The molecule has 3 rings (SSSR count). The van der Waals surface area contributed by atoms with E-state index in [2.05, 4.69) is 19.5 Å². The average Bonchev–Trinajstić information content (AvgIpc) is 3.01. The normalized spacial score (nSPS) is 19.9. The first-order valence-corrected chi connectivity index (χ1v) is 7.82. The Morgan fingerprint density at radius 2 is 1.55 bits per heavy atom. The fourth-order valence-electron chi connectivity index (χ4n) is 2.31. The van der Waals surface area contributed by atoms with Gasteiger partial charge in [0.05, 0.1) is 27.1 Å². The molecule has 2 aromatic heterocycles. The summed E-state index contributed by atoms with van der Waals surface area (Å²) in [5.41, 5.74) is -0.397. The van der Waals surface area contributed by atoms with Gasteiger partial charge in [-0.25, -0.2) is 9.97 Å². The van der Waals surface area contributed by atoms with Gasteiger partial charge >= 0.3 is 59.1 Å². The van der Waals surface area contributed by atoms with Crippen LogP contribution >= 0.6 is 7.82 Å². The number of phosphoric acid groups is 1. The summed E-state index contributed by atoms with van der Waals surface area (Å²) in [5.74, 6) is 0. The van der Waals surface area contributed by atoms with Crippen molar-refractivity contribution in [1.29, 1.82) is 0 Å². The van der Waals surface area contributed by atoms with Gasteiger partial charge in [-0.3, -0.25) is 9.36 Å². The molecule has 1 saturated heterocycles. The molecule has 2 aromatic rings. The SMILES string of the molecule is O.O.O.O.O.O.O.O.O=c1[nH]cnc2c1ncn2[C@@H]1O[C@@H](COP(=O)([O-])[O-])[C@@H](O)[C@H]1O.[Na+].[Na+]. The molecule has 1 aliphatic rings. The zero-order chi connectivity index (χ0) is 16.8. The quantitative estimate of drug-likeness (QED) is 0.244. The Labute approximate surface area is 228 Å². The van der Waals surface area contributed by atoms with Crippen molar-refractivity contribution in [2.45, 2.75) is 24.5 Å². The molecule has 20 nitrogen and oxygen atoms in total. The van der Waals surface area contributed by atoms with Crippen LogP contribution in [0, 0.1) is 0 Å². The van der Waals surface area contributed by atoms with Gasteiger partial charge in [0.25, 0.3) is 5.56 Å². The Morgan fingerprint density at radius 3 is 2.03 bits per heavy atom. The molecule has 19 N–H and O–H groups in total. The molecule has 3 heterocycles. The number of nitrogens with zero attached hydrogens (tertiary/aromatic N) is 3. The number of hydrogen-bond donors (Lipinski definition) is 3. The number of ether oxygens (including phenoxy) is 1. The smallest absolute Gasteiger partial charge is 0.790 e. The third-order valence-corrected chi connectivity index (χ3v) is 3.84. The van der Waals surface area contributed by atoms with Crippen molar-refractivity contribution in [2.24, 2.45) is 0 Å². The Bertz CT molecular complexity index is 835. The van der Waals surface area contributed by atoms with Crippen LogP contribution in [0.2, 0.25) is 0 Å². The maximum atomic E-state index is 11.6. The van der Waals surface area contributed by atoms with E-state index >= 15 is 0 Å². The van der Waals surface area contributed by atoms with Crippen molar-refractivity contribution >= 4 is 19.0 Å². The van der Waals surface area contributed by atoms with Crippen LogP contribution in [0.1, 0.15) is 6.23 Å². The van der Waals surface area contributed by atoms with Gasteiger partial charge in [-0.15, -0.1) is 0 Å². The topological polar surface area (TPSA) is 438 Å². The predicted octanol–water partition coefficient (Wildman–Crippen LogP) is -16.0. The number of nitrogens with one attached hydrogen (secondary N) is 1. The average molecular weight is 536 g/mol. The summed E-state index contributed by atoms with van der Waals surface area (Å²) >= 11 is 0. The molecule has 4 atom stereocenters. The van der Waals surface area contributed by atoms with Gasteiger partial charge in [-0.05, 0) is 0 Å². The van der Waals surface area contributed by atoms with Crippen molar-refractivity contribution in [2.75, 3.05) is 6.61 Å². The molecule has 33 heavy (non-hydrogen) atoms. The maximum Gasteiger partial charge on any atom is 1.00 e. The van der Waals surface area contributed by atoms with Gasteiger partial charge in [0.1, 0.15) is 18.3 Å². The molecule has 190 valence electrons. The van der Waals surface area contributed by atoms with E-state index in [4.69, 9.17) is 4.74 Å². The second-order valence-corrected chi connectivity index (χ2v) is 6.00. The number of aromatic amines is 1. The Kier molecular flexibility index (Phi) is 34.9. The summed E-state index contributed by atoms with van der Waals surface area (Å²) in [6.45, 7) is -0.750. The minimum atomic E-state index is -5.24. The largest absolute Gasteiger partial charge is 1.00 e.